The van der Waals surface area contributed by atoms with Crippen molar-refractivity contribution in [1.29, 1.82) is 0 Å². The lowest BCUT2D eigenvalue weighted by atomic mass is 10.1. The van der Waals surface area contributed by atoms with Gasteiger partial charge in [0.15, 0.2) is 0 Å². The van der Waals surface area contributed by atoms with Crippen LogP contribution in [0, 0.1) is 6.92 Å². The Bertz CT molecular complexity index is 879. The lowest BCUT2D eigenvalue weighted by Gasteiger charge is -2.26. The number of urea groups is 1. The Morgan fingerprint density at radius 1 is 1.03 bits per heavy atom. The highest BCUT2D eigenvalue weighted by molar-refractivity contribution is 5.91. The number of hydrogen-bond acceptors (Lipinski definition) is 6. The molecule has 1 heterocycles. The zero-order valence-corrected chi connectivity index (χ0v) is 19.0. The summed E-state index contributed by atoms with van der Waals surface area (Å²) in [6.07, 6.45) is 1.55. The van der Waals surface area contributed by atoms with E-state index in [1.54, 1.807) is 41.3 Å². The first-order valence-electron chi connectivity index (χ1n) is 11.3. The number of unbranched alkanes of at least 4 members (excludes halogenated alkanes) is 1. The lowest BCUT2D eigenvalue weighted by Crippen LogP contribution is -2.46. The van der Waals surface area contributed by atoms with E-state index in [1.807, 2.05) is 19.1 Å². The summed E-state index contributed by atoms with van der Waals surface area (Å²) in [5, 5.41) is 13.0. The van der Waals surface area contributed by atoms with Crippen molar-refractivity contribution < 1.29 is 28.9 Å². The molecule has 0 spiro atoms. The van der Waals surface area contributed by atoms with Gasteiger partial charge in [-0.15, -0.1) is 0 Å². The fourth-order valence-corrected chi connectivity index (χ4v) is 3.31. The normalized spacial score (nSPS) is 14.4. The number of aliphatic hydroxyl groups is 1. The molecule has 1 fully saturated rings. The average molecular weight is 457 g/mol. The van der Waals surface area contributed by atoms with Gasteiger partial charge in [0.05, 0.1) is 24.9 Å². The number of ether oxygens (including phenoxy) is 3. The van der Waals surface area contributed by atoms with E-state index in [1.165, 1.54) is 0 Å². The number of benzene rings is 2. The second-order valence-electron chi connectivity index (χ2n) is 8.02. The Kier molecular flexibility index (Phi) is 9.53. The van der Waals surface area contributed by atoms with Gasteiger partial charge in [0.25, 0.3) is 0 Å². The van der Waals surface area contributed by atoms with Gasteiger partial charge in [-0.1, -0.05) is 17.7 Å². The van der Waals surface area contributed by atoms with E-state index in [9.17, 15) is 14.7 Å². The van der Waals surface area contributed by atoms with Gasteiger partial charge in [0, 0.05) is 19.6 Å². The summed E-state index contributed by atoms with van der Waals surface area (Å²) < 4.78 is 16.2. The molecule has 0 aromatic heterocycles. The molecule has 2 N–H and O–H groups in total. The predicted molar refractivity (Wildman–Crippen MR) is 124 cm³/mol. The zero-order valence-electron chi connectivity index (χ0n) is 19.0. The van der Waals surface area contributed by atoms with E-state index in [2.05, 4.69) is 5.32 Å². The van der Waals surface area contributed by atoms with Crippen LogP contribution >= 0.6 is 0 Å². The van der Waals surface area contributed by atoms with Crippen LogP contribution in [-0.4, -0.2) is 67.6 Å². The zero-order chi connectivity index (χ0) is 23.5. The molecule has 1 saturated heterocycles. The van der Waals surface area contributed by atoms with Gasteiger partial charge >= 0.3 is 12.0 Å². The molecule has 1 atom stereocenters. The third-order valence-corrected chi connectivity index (χ3v) is 5.30. The number of nitrogens with one attached hydrogen (secondary N) is 1. The minimum Gasteiger partial charge on any atom is -0.491 e. The lowest BCUT2D eigenvalue weighted by molar-refractivity contribution is 0.0532. The van der Waals surface area contributed by atoms with E-state index >= 15 is 0 Å². The van der Waals surface area contributed by atoms with Crippen molar-refractivity contribution in [2.75, 3.05) is 39.5 Å². The molecular weight excluding hydrogens is 424 g/mol. The summed E-state index contributed by atoms with van der Waals surface area (Å²) in [5.74, 6) is 0.592. The van der Waals surface area contributed by atoms with Crippen LogP contribution in [0.5, 0.6) is 11.5 Å². The van der Waals surface area contributed by atoms with Gasteiger partial charge in [-0.3, -0.25) is 0 Å². The minimum absolute atomic E-state index is 0.0600. The summed E-state index contributed by atoms with van der Waals surface area (Å²) >= 11 is 0. The van der Waals surface area contributed by atoms with Crippen LogP contribution in [0.2, 0.25) is 0 Å². The summed E-state index contributed by atoms with van der Waals surface area (Å²) in [7, 11) is 0. The van der Waals surface area contributed by atoms with E-state index in [0.29, 0.717) is 56.3 Å². The molecule has 0 bridgehead atoms. The molecule has 8 nitrogen and oxygen atoms in total. The van der Waals surface area contributed by atoms with E-state index in [0.717, 1.165) is 18.4 Å². The van der Waals surface area contributed by atoms with E-state index in [-0.39, 0.29) is 12.6 Å². The third-order valence-electron chi connectivity index (χ3n) is 5.30. The van der Waals surface area contributed by atoms with Crippen molar-refractivity contribution in [1.82, 2.24) is 10.2 Å². The molecule has 33 heavy (non-hydrogen) atoms. The summed E-state index contributed by atoms with van der Waals surface area (Å²) in [6.45, 7) is 5.12. The van der Waals surface area contributed by atoms with Gasteiger partial charge in [-0.2, -0.15) is 0 Å². The number of esters is 1. The molecule has 0 unspecified atom stereocenters. The highest BCUT2D eigenvalue weighted by atomic mass is 16.5. The van der Waals surface area contributed by atoms with Gasteiger partial charge < -0.3 is 29.5 Å². The first-order chi connectivity index (χ1) is 16.0. The molecule has 1 aliphatic heterocycles. The monoisotopic (exact) mass is 456 g/mol. The van der Waals surface area contributed by atoms with Crippen molar-refractivity contribution in [3.8, 4) is 11.5 Å². The molecule has 178 valence electrons. The summed E-state index contributed by atoms with van der Waals surface area (Å²) in [4.78, 5) is 25.9. The summed E-state index contributed by atoms with van der Waals surface area (Å²) in [5.41, 5.74) is 1.57. The Balaban J connectivity index is 1.29. The van der Waals surface area contributed by atoms with Gasteiger partial charge in [0.1, 0.15) is 18.1 Å². The number of rotatable bonds is 10. The second kappa shape index (κ2) is 12.8. The molecule has 0 radical (unpaired) electrons. The van der Waals surface area contributed by atoms with Crippen LogP contribution < -0.4 is 14.8 Å². The quantitative estimate of drug-likeness (QED) is 0.324. The number of aliphatic hydroxyl groups excluding tert-OH is 1. The van der Waals surface area contributed by atoms with Crippen molar-refractivity contribution in [3.63, 3.8) is 0 Å². The molecule has 2 aromatic carbocycles. The number of aryl methyl sites for hydroxylation is 1. The van der Waals surface area contributed by atoms with Crippen LogP contribution in [0.4, 0.5) is 4.79 Å². The van der Waals surface area contributed by atoms with E-state index < -0.39 is 12.1 Å². The predicted octanol–water partition coefficient (Wildman–Crippen LogP) is 3.17. The number of nitrogens with zero attached hydrogens (tertiary/aromatic N) is 1. The largest absolute Gasteiger partial charge is 0.491 e. The summed E-state index contributed by atoms with van der Waals surface area (Å²) in [6, 6.07) is 13.8. The molecule has 8 heteroatoms. The molecule has 1 aliphatic rings. The SMILES string of the molecule is Cc1ccc(C(=O)Oc2ccc(OC[C@@H](O)CCCCNC(=O)N3CCOCC3)cc2)cc1. The maximum atomic E-state index is 12.2. The standard InChI is InChI=1S/C25H32N2O6/c1-19-5-7-20(8-6-19)24(29)33-23-11-9-22(10-12-23)32-18-21(28)4-2-3-13-26-25(30)27-14-16-31-17-15-27/h5-12,21,28H,2-4,13-18H2,1H3,(H,26,30)/t21-/m0/s1. The van der Waals surface area contributed by atoms with Gasteiger partial charge in [0.2, 0.25) is 0 Å². The maximum Gasteiger partial charge on any atom is 0.343 e. The Morgan fingerprint density at radius 3 is 2.39 bits per heavy atom. The molecule has 3 rings (SSSR count). The topological polar surface area (TPSA) is 97.3 Å². The molecule has 0 aliphatic carbocycles. The van der Waals surface area contributed by atoms with Crippen molar-refractivity contribution in [3.05, 3.63) is 59.7 Å². The number of carbonyl (C=O) groups is 2. The Hall–Kier alpha value is -3.10. The van der Waals surface area contributed by atoms with Crippen molar-refractivity contribution in [2.24, 2.45) is 0 Å². The molecule has 2 aromatic rings. The fraction of sp³-hybridized carbons (Fsp3) is 0.440. The number of hydrogen-bond donors (Lipinski definition) is 2. The highest BCUT2D eigenvalue weighted by Gasteiger charge is 2.16. The van der Waals surface area contributed by atoms with Gasteiger partial charge in [-0.05, 0) is 62.6 Å². The number of carbonyl (C=O) groups excluding carboxylic acids is 2. The molecular formula is C25H32N2O6. The Labute approximate surface area is 194 Å². The second-order valence-corrected chi connectivity index (χ2v) is 8.02. The van der Waals surface area contributed by atoms with Crippen LogP contribution in [-0.2, 0) is 4.74 Å². The molecule has 2 amide bonds. The highest BCUT2D eigenvalue weighted by Crippen LogP contribution is 2.19. The Morgan fingerprint density at radius 2 is 1.70 bits per heavy atom. The number of amides is 2. The first-order valence-corrected chi connectivity index (χ1v) is 11.3. The van der Waals surface area contributed by atoms with Crippen LogP contribution in [0.25, 0.3) is 0 Å². The average Bonchev–Trinajstić information content (AvgIpc) is 2.84. The van der Waals surface area contributed by atoms with Crippen molar-refractivity contribution in [2.45, 2.75) is 32.3 Å². The third kappa shape index (κ3) is 8.40. The van der Waals surface area contributed by atoms with Crippen LogP contribution in [0.15, 0.2) is 48.5 Å². The maximum absolute atomic E-state index is 12.2. The molecule has 0 saturated carbocycles. The van der Waals surface area contributed by atoms with Crippen LogP contribution in [0.3, 0.4) is 0 Å². The van der Waals surface area contributed by atoms with E-state index in [4.69, 9.17) is 14.2 Å². The van der Waals surface area contributed by atoms with Crippen LogP contribution in [0.1, 0.15) is 35.2 Å². The first kappa shape index (κ1) is 24.5. The smallest absolute Gasteiger partial charge is 0.343 e. The number of morpholine rings is 1. The van der Waals surface area contributed by atoms with Crippen molar-refractivity contribution >= 4 is 12.0 Å². The minimum atomic E-state index is -0.598. The van der Waals surface area contributed by atoms with Gasteiger partial charge in [-0.25, -0.2) is 9.59 Å². The fourth-order valence-electron chi connectivity index (χ4n) is 3.31.